The van der Waals surface area contributed by atoms with Gasteiger partial charge in [-0.2, -0.15) is 0 Å². The first-order chi connectivity index (χ1) is 37.6. The number of piperidine rings is 1. The number of benzene rings is 3. The molecule has 0 saturated carbocycles. The molecule has 0 spiro atoms. The number of aromatic hydroxyl groups is 1. The third kappa shape index (κ3) is 13.8. The van der Waals surface area contributed by atoms with Crippen LogP contribution in [0.25, 0.3) is 21.7 Å². The van der Waals surface area contributed by atoms with E-state index in [1.807, 2.05) is 75.7 Å². The van der Waals surface area contributed by atoms with Crippen molar-refractivity contribution in [2.75, 3.05) is 48.3 Å². The van der Waals surface area contributed by atoms with Gasteiger partial charge in [0.1, 0.15) is 17.8 Å². The fraction of sp³-hybridized carbons (Fsp3) is 0.525. The van der Waals surface area contributed by atoms with E-state index < -0.39 is 23.6 Å². The molecule has 6 heterocycles. The van der Waals surface area contributed by atoms with Crippen molar-refractivity contribution in [2.24, 2.45) is 11.3 Å². The third-order valence-corrected chi connectivity index (χ3v) is 17.5. The van der Waals surface area contributed by atoms with E-state index in [0.29, 0.717) is 54.3 Å². The van der Waals surface area contributed by atoms with Crippen LogP contribution in [0.4, 0.5) is 17.2 Å². The number of piperazine rings is 1. The smallest absolute Gasteiger partial charge is 0.246 e. The maximum absolute atomic E-state index is 14.1. The lowest BCUT2D eigenvalue weighted by Crippen LogP contribution is -2.57. The van der Waals surface area contributed by atoms with Crippen LogP contribution in [0.2, 0.25) is 0 Å². The number of likely N-dealkylation sites (tertiary alicyclic amines) is 2. The SMILES string of the molecule is Cc1ncsc1-c1ccc(CNC(=O)[C@@H]2C[C@H](O)CN2C(=O)[C@@H](NC(=O)CCCCCCCCCC(=O)N2CCC(Cc3cccc(N4C5CCC4CN(c4cc(-c6ccccc6O)nnc4N)C5)c3)CC2)C(C)(C)C)cc1. The van der Waals surface area contributed by atoms with Crippen molar-refractivity contribution in [1.82, 2.24) is 35.6 Å². The summed E-state index contributed by atoms with van der Waals surface area (Å²) in [7, 11) is 0. The van der Waals surface area contributed by atoms with Gasteiger partial charge in [-0.25, -0.2) is 4.98 Å². The maximum Gasteiger partial charge on any atom is 0.246 e. The molecule has 6 N–H and O–H groups in total. The van der Waals surface area contributed by atoms with Crippen LogP contribution in [0.5, 0.6) is 5.75 Å². The molecule has 78 heavy (non-hydrogen) atoms. The first-order valence-electron chi connectivity index (χ1n) is 28.5. The maximum atomic E-state index is 14.1. The second kappa shape index (κ2) is 25.5. The predicted molar refractivity (Wildman–Crippen MR) is 308 cm³/mol. The summed E-state index contributed by atoms with van der Waals surface area (Å²) in [6, 6.07) is 25.2. The number of para-hydroxylation sites is 1. The molecule has 4 aliphatic heterocycles. The molecule has 2 bridgehead atoms. The number of unbranched alkanes of at least 4 members (excludes halogenated alkanes) is 6. The highest BCUT2D eigenvalue weighted by Gasteiger charge is 2.45. The number of amides is 4. The first kappa shape index (κ1) is 56.1. The number of nitrogen functional groups attached to an aromatic ring is 1. The molecule has 4 amide bonds. The molecule has 9 rings (SSSR count). The van der Waals surface area contributed by atoms with Crippen LogP contribution < -0.4 is 26.2 Å². The van der Waals surface area contributed by atoms with Crippen LogP contribution in [0.3, 0.4) is 0 Å². The van der Waals surface area contributed by atoms with Crippen molar-refractivity contribution in [3.63, 3.8) is 0 Å². The van der Waals surface area contributed by atoms with Crippen LogP contribution in [-0.2, 0) is 32.1 Å². The summed E-state index contributed by atoms with van der Waals surface area (Å²) in [4.78, 5) is 68.0. The number of rotatable bonds is 21. The number of thiazole rings is 1. The molecular weight excluding hydrogens is 1000 g/mol. The number of β-amino-alcohol motifs (C(OH)–C–C–N with tert-alkyl or cyclic N) is 1. The van der Waals surface area contributed by atoms with E-state index in [9.17, 15) is 29.4 Å². The number of nitrogens with one attached hydrogen (secondary N) is 2. The van der Waals surface area contributed by atoms with Gasteiger partial charge in [0, 0.05) is 81.9 Å². The molecule has 5 aromatic rings. The van der Waals surface area contributed by atoms with E-state index >= 15 is 0 Å². The Hall–Kier alpha value is -6.59. The number of nitrogens with two attached hydrogens (primary N) is 1. The highest BCUT2D eigenvalue weighted by molar-refractivity contribution is 7.13. The van der Waals surface area contributed by atoms with Crippen LogP contribution in [0, 0.1) is 18.3 Å². The van der Waals surface area contributed by atoms with Gasteiger partial charge >= 0.3 is 0 Å². The summed E-state index contributed by atoms with van der Waals surface area (Å²) in [5, 5.41) is 35.6. The Labute approximate surface area is 464 Å². The zero-order chi connectivity index (χ0) is 54.9. The van der Waals surface area contributed by atoms with Crippen LogP contribution in [0.15, 0.2) is 84.4 Å². The first-order valence-corrected chi connectivity index (χ1v) is 29.3. The van der Waals surface area contributed by atoms with Gasteiger partial charge < -0.3 is 46.2 Å². The van der Waals surface area contributed by atoms with E-state index in [1.54, 1.807) is 23.5 Å². The molecule has 0 aliphatic carbocycles. The van der Waals surface area contributed by atoms with Gasteiger partial charge in [0.15, 0.2) is 5.82 Å². The van der Waals surface area contributed by atoms with Gasteiger partial charge in [0.2, 0.25) is 23.6 Å². The average Bonchev–Trinajstić information content (AvgIpc) is 4.30. The van der Waals surface area contributed by atoms with Gasteiger partial charge in [-0.3, -0.25) is 19.2 Å². The molecule has 0 radical (unpaired) electrons. The molecule has 2 aromatic heterocycles. The number of hydrogen-bond acceptors (Lipinski definition) is 13. The van der Waals surface area contributed by atoms with Crippen LogP contribution in [0.1, 0.15) is 127 Å². The summed E-state index contributed by atoms with van der Waals surface area (Å²) in [6.45, 7) is 11.3. The lowest BCUT2D eigenvalue weighted by atomic mass is 9.85. The number of phenols is 1. The number of aromatic nitrogens is 3. The quantitative estimate of drug-likeness (QED) is 0.0437. The molecule has 2 unspecified atom stereocenters. The number of carbonyl (C=O) groups excluding carboxylic acids is 4. The fourth-order valence-electron chi connectivity index (χ4n) is 12.2. The molecule has 4 fully saturated rings. The number of nitrogens with zero attached hydrogens (tertiary/aromatic N) is 7. The Kier molecular flexibility index (Phi) is 18.3. The van der Waals surface area contributed by atoms with Crippen molar-refractivity contribution >= 4 is 52.2 Å². The van der Waals surface area contributed by atoms with Gasteiger partial charge in [-0.05, 0) is 110 Å². The molecule has 3 aromatic carbocycles. The molecule has 416 valence electrons. The molecular formula is C61H80N10O6S. The normalized spacial score (nSPS) is 20.0. The second-order valence-electron chi connectivity index (χ2n) is 23.3. The number of carbonyl (C=O) groups is 4. The fourth-order valence-corrected chi connectivity index (χ4v) is 13.0. The molecule has 5 atom stereocenters. The second-order valence-corrected chi connectivity index (χ2v) is 24.2. The average molecular weight is 1080 g/mol. The number of fused-ring (bicyclic) bond motifs is 2. The molecule has 17 heteroatoms. The van der Waals surface area contributed by atoms with Crippen LogP contribution >= 0.6 is 11.3 Å². The highest BCUT2D eigenvalue weighted by Crippen LogP contribution is 2.40. The van der Waals surface area contributed by atoms with E-state index in [-0.39, 0.29) is 48.9 Å². The lowest BCUT2D eigenvalue weighted by Gasteiger charge is -2.43. The lowest BCUT2D eigenvalue weighted by molar-refractivity contribution is -0.144. The number of anilines is 3. The molecule has 4 aliphatic rings. The Morgan fingerprint density at radius 3 is 2.18 bits per heavy atom. The van der Waals surface area contributed by atoms with E-state index in [0.717, 1.165) is 124 Å². The number of phenolic OH excluding ortho intramolecular Hbond substituents is 1. The predicted octanol–water partition coefficient (Wildman–Crippen LogP) is 8.82. The molecule has 4 saturated heterocycles. The Bertz CT molecular complexity index is 2850. The van der Waals surface area contributed by atoms with E-state index in [4.69, 9.17) is 5.73 Å². The van der Waals surface area contributed by atoms with Crippen molar-refractivity contribution in [3.05, 3.63) is 101 Å². The summed E-state index contributed by atoms with van der Waals surface area (Å²) in [6.07, 6.45) is 12.1. The number of hydrogen-bond donors (Lipinski definition) is 5. The van der Waals surface area contributed by atoms with E-state index in [1.165, 1.54) is 16.2 Å². The largest absolute Gasteiger partial charge is 0.507 e. The summed E-state index contributed by atoms with van der Waals surface area (Å²) < 4.78 is 0. The summed E-state index contributed by atoms with van der Waals surface area (Å²) >= 11 is 1.59. The zero-order valence-corrected chi connectivity index (χ0v) is 46.9. The number of aryl methyl sites for hydroxylation is 1. The van der Waals surface area contributed by atoms with Crippen molar-refractivity contribution in [2.45, 2.75) is 161 Å². The van der Waals surface area contributed by atoms with Gasteiger partial charge in [-0.1, -0.05) is 101 Å². The minimum atomic E-state index is -0.853. The van der Waals surface area contributed by atoms with Gasteiger partial charge in [0.25, 0.3) is 0 Å². The van der Waals surface area contributed by atoms with E-state index in [2.05, 4.69) is 64.8 Å². The highest BCUT2D eigenvalue weighted by atomic mass is 32.1. The minimum absolute atomic E-state index is 0.0329. The molecule has 16 nitrogen and oxygen atoms in total. The monoisotopic (exact) mass is 1080 g/mol. The standard InChI is InChI=1S/C61H80N10O6S/c1-40-56(78-39-64-40)44-23-21-42(22-24-44)35-63-59(76)52-33-48(72)38-70(52)60(77)57(61(2,3)4)65-54(74)19-10-8-6-5-7-9-11-20-55(75)68-29-27-41(28-30-68)31-43-15-14-16-45(32-43)71-46-25-26-47(71)37-69(36-46)51-34-50(66-67-58(51)62)49-17-12-13-18-53(49)73/h12-18,21-24,32,34,39,41,46-48,52,57,72-73H,5-11,19-20,25-31,33,35-38H2,1-4H3,(H2,62,67)(H,63,76)(H,65,74)/t46?,47?,48-,52-,57+/m0/s1. The van der Waals surface area contributed by atoms with Crippen molar-refractivity contribution in [3.8, 4) is 27.4 Å². The topological polar surface area (TPSA) is 210 Å². The summed E-state index contributed by atoms with van der Waals surface area (Å²) in [5.74, 6) is 0.500. The Morgan fingerprint density at radius 1 is 0.808 bits per heavy atom. The summed E-state index contributed by atoms with van der Waals surface area (Å²) in [5.41, 5.74) is 15.3. The number of aliphatic hydroxyl groups is 1. The van der Waals surface area contributed by atoms with Crippen molar-refractivity contribution < 1.29 is 29.4 Å². The third-order valence-electron chi connectivity index (χ3n) is 16.5. The van der Waals surface area contributed by atoms with Crippen LogP contribution in [-0.4, -0.2) is 122 Å². The van der Waals surface area contributed by atoms with Gasteiger partial charge in [0.05, 0.1) is 33.6 Å². The number of aliphatic hydroxyl groups excluding tert-OH is 1. The van der Waals surface area contributed by atoms with Gasteiger partial charge in [-0.15, -0.1) is 21.5 Å². The zero-order valence-electron chi connectivity index (χ0n) is 46.0. The van der Waals surface area contributed by atoms with Crippen molar-refractivity contribution in [1.29, 1.82) is 0 Å². The Morgan fingerprint density at radius 2 is 1.50 bits per heavy atom. The minimum Gasteiger partial charge on any atom is -0.507 e. The Balaban J connectivity index is 0.637.